The van der Waals surface area contributed by atoms with Crippen molar-refractivity contribution in [2.75, 3.05) is 31.2 Å². The van der Waals surface area contributed by atoms with Crippen LogP contribution in [0, 0.1) is 0 Å². The van der Waals surface area contributed by atoms with Crippen molar-refractivity contribution in [1.82, 2.24) is 10.3 Å². The first-order chi connectivity index (χ1) is 12.1. The lowest BCUT2D eigenvalue weighted by Gasteiger charge is -2.29. The minimum atomic E-state index is -0.559. The maximum absolute atomic E-state index is 12.4. The van der Waals surface area contributed by atoms with Crippen LogP contribution in [-0.2, 0) is 11.3 Å². The molecule has 0 radical (unpaired) electrons. The Bertz CT molecular complexity index is 772. The number of amides is 2. The van der Waals surface area contributed by atoms with Crippen molar-refractivity contribution in [3.8, 4) is 0 Å². The van der Waals surface area contributed by atoms with Gasteiger partial charge in [0.25, 0.3) is 5.91 Å². The number of hydrogen-bond donors (Lipinski definition) is 2. The van der Waals surface area contributed by atoms with E-state index in [4.69, 9.17) is 10.5 Å². The fourth-order valence-corrected chi connectivity index (χ4v) is 2.72. The van der Waals surface area contributed by atoms with Gasteiger partial charge in [-0.15, -0.1) is 0 Å². The van der Waals surface area contributed by atoms with Crippen LogP contribution in [-0.4, -0.2) is 43.1 Å². The number of rotatable bonds is 5. The van der Waals surface area contributed by atoms with Crippen molar-refractivity contribution >= 4 is 17.6 Å². The van der Waals surface area contributed by atoms with Gasteiger partial charge in [-0.2, -0.15) is 0 Å². The van der Waals surface area contributed by atoms with Gasteiger partial charge in [-0.25, -0.2) is 4.98 Å². The molecule has 2 amide bonds. The second kappa shape index (κ2) is 7.76. The Morgan fingerprint density at radius 3 is 2.68 bits per heavy atom. The lowest BCUT2D eigenvalue weighted by atomic mass is 10.1. The average Bonchev–Trinajstić information content (AvgIpc) is 2.67. The number of morpholine rings is 1. The summed E-state index contributed by atoms with van der Waals surface area (Å²) in [6, 6.07) is 10.1. The van der Waals surface area contributed by atoms with E-state index < -0.39 is 5.91 Å². The highest BCUT2D eigenvalue weighted by atomic mass is 16.5. The third-order valence-corrected chi connectivity index (χ3v) is 4.03. The number of carbonyl (C=O) groups is 2. The fraction of sp³-hybridized carbons (Fsp3) is 0.278. The maximum atomic E-state index is 12.4. The number of aromatic nitrogens is 1. The van der Waals surface area contributed by atoms with Crippen LogP contribution in [0.15, 0.2) is 42.6 Å². The van der Waals surface area contributed by atoms with Crippen molar-refractivity contribution in [3.05, 3.63) is 59.3 Å². The zero-order chi connectivity index (χ0) is 17.6. The van der Waals surface area contributed by atoms with E-state index in [2.05, 4.69) is 15.2 Å². The fourth-order valence-electron chi connectivity index (χ4n) is 2.72. The van der Waals surface area contributed by atoms with Crippen LogP contribution in [0.1, 0.15) is 26.3 Å². The van der Waals surface area contributed by atoms with Gasteiger partial charge in [0.05, 0.1) is 13.2 Å². The van der Waals surface area contributed by atoms with Gasteiger partial charge in [0, 0.05) is 42.5 Å². The molecule has 0 spiro atoms. The number of pyridine rings is 1. The maximum Gasteiger partial charge on any atom is 0.251 e. The zero-order valence-corrected chi connectivity index (χ0v) is 13.8. The van der Waals surface area contributed by atoms with E-state index in [9.17, 15) is 9.59 Å². The number of hydrogen-bond acceptors (Lipinski definition) is 5. The van der Waals surface area contributed by atoms with Gasteiger partial charge in [0.2, 0.25) is 5.91 Å². The molecule has 7 nitrogen and oxygen atoms in total. The molecule has 0 atom stereocenters. The quantitative estimate of drug-likeness (QED) is 0.844. The van der Waals surface area contributed by atoms with Crippen LogP contribution < -0.4 is 16.0 Å². The number of nitrogens with two attached hydrogens (primary N) is 1. The molecule has 0 saturated carbocycles. The molecule has 1 saturated heterocycles. The first-order valence-electron chi connectivity index (χ1n) is 8.10. The van der Waals surface area contributed by atoms with E-state index in [1.807, 2.05) is 12.1 Å². The van der Waals surface area contributed by atoms with E-state index >= 15 is 0 Å². The SMILES string of the molecule is NC(=O)c1cccc(C(=O)NCc2cccnc2N2CCOCC2)c1. The molecule has 1 aromatic carbocycles. The van der Waals surface area contributed by atoms with E-state index in [-0.39, 0.29) is 5.91 Å². The number of nitrogens with one attached hydrogen (secondary N) is 1. The number of carbonyl (C=O) groups excluding carboxylic acids is 2. The predicted molar refractivity (Wildman–Crippen MR) is 93.4 cm³/mol. The summed E-state index contributed by atoms with van der Waals surface area (Å²) in [4.78, 5) is 30.2. The molecular weight excluding hydrogens is 320 g/mol. The van der Waals surface area contributed by atoms with E-state index in [1.54, 1.807) is 24.4 Å². The Morgan fingerprint density at radius 1 is 1.16 bits per heavy atom. The van der Waals surface area contributed by atoms with Crippen molar-refractivity contribution in [3.63, 3.8) is 0 Å². The standard InChI is InChI=1S/C18H20N4O3/c19-16(23)13-3-1-4-14(11-13)18(24)21-12-15-5-2-6-20-17(15)22-7-9-25-10-8-22/h1-6,11H,7-10,12H2,(H2,19,23)(H,21,24). The van der Waals surface area contributed by atoms with Gasteiger partial charge in [0.15, 0.2) is 0 Å². The van der Waals surface area contributed by atoms with Crippen LogP contribution in [0.25, 0.3) is 0 Å². The number of primary amides is 1. The monoisotopic (exact) mass is 340 g/mol. The summed E-state index contributed by atoms with van der Waals surface area (Å²) < 4.78 is 5.37. The molecule has 1 aliphatic heterocycles. The smallest absolute Gasteiger partial charge is 0.251 e. The number of nitrogens with zero attached hydrogens (tertiary/aromatic N) is 2. The van der Waals surface area contributed by atoms with E-state index in [0.29, 0.717) is 30.9 Å². The molecule has 1 fully saturated rings. The van der Waals surface area contributed by atoms with Crippen molar-refractivity contribution in [2.24, 2.45) is 5.73 Å². The Labute approximate surface area is 145 Å². The minimum Gasteiger partial charge on any atom is -0.378 e. The summed E-state index contributed by atoms with van der Waals surface area (Å²) in [6.07, 6.45) is 1.74. The van der Waals surface area contributed by atoms with Gasteiger partial charge in [-0.05, 0) is 24.3 Å². The summed E-state index contributed by atoms with van der Waals surface area (Å²) in [5, 5.41) is 2.87. The Kier molecular flexibility index (Phi) is 5.25. The molecule has 3 rings (SSSR count). The lowest BCUT2D eigenvalue weighted by Crippen LogP contribution is -2.37. The van der Waals surface area contributed by atoms with Gasteiger partial charge >= 0.3 is 0 Å². The molecule has 2 heterocycles. The Hall–Kier alpha value is -2.93. The molecule has 1 aromatic heterocycles. The molecule has 2 aromatic rings. The average molecular weight is 340 g/mol. The topological polar surface area (TPSA) is 97.5 Å². The molecule has 0 aliphatic carbocycles. The minimum absolute atomic E-state index is 0.264. The second-order valence-corrected chi connectivity index (χ2v) is 5.71. The van der Waals surface area contributed by atoms with Gasteiger partial charge < -0.3 is 20.7 Å². The van der Waals surface area contributed by atoms with Crippen molar-refractivity contribution in [1.29, 1.82) is 0 Å². The summed E-state index contributed by atoms with van der Waals surface area (Å²) in [5.74, 6) is 0.0355. The number of ether oxygens (including phenoxy) is 1. The van der Waals surface area contributed by atoms with Crippen LogP contribution >= 0.6 is 0 Å². The lowest BCUT2D eigenvalue weighted by molar-refractivity contribution is 0.0950. The normalized spacial score (nSPS) is 14.2. The summed E-state index contributed by atoms with van der Waals surface area (Å²) >= 11 is 0. The molecule has 130 valence electrons. The molecule has 0 unspecified atom stereocenters. The summed E-state index contributed by atoms with van der Waals surface area (Å²) in [5.41, 5.74) is 6.89. The van der Waals surface area contributed by atoms with Crippen LogP contribution in [0.2, 0.25) is 0 Å². The third kappa shape index (κ3) is 4.13. The van der Waals surface area contributed by atoms with Gasteiger partial charge in [-0.1, -0.05) is 12.1 Å². The Balaban J connectivity index is 1.70. The van der Waals surface area contributed by atoms with Crippen molar-refractivity contribution < 1.29 is 14.3 Å². The highest BCUT2D eigenvalue weighted by Crippen LogP contribution is 2.18. The largest absolute Gasteiger partial charge is 0.378 e. The zero-order valence-electron chi connectivity index (χ0n) is 13.8. The van der Waals surface area contributed by atoms with Crippen molar-refractivity contribution in [2.45, 2.75) is 6.54 Å². The van der Waals surface area contributed by atoms with Gasteiger partial charge in [-0.3, -0.25) is 9.59 Å². The molecular formula is C18H20N4O3. The second-order valence-electron chi connectivity index (χ2n) is 5.71. The van der Waals surface area contributed by atoms with Crippen LogP contribution in [0.5, 0.6) is 0 Å². The molecule has 7 heteroatoms. The number of anilines is 1. The molecule has 0 bridgehead atoms. The predicted octanol–water partition coefficient (Wildman–Crippen LogP) is 0.947. The Morgan fingerprint density at radius 2 is 1.92 bits per heavy atom. The first-order valence-corrected chi connectivity index (χ1v) is 8.10. The van der Waals surface area contributed by atoms with E-state index in [1.165, 1.54) is 6.07 Å². The molecule has 1 aliphatic rings. The first kappa shape index (κ1) is 16.9. The third-order valence-electron chi connectivity index (χ3n) is 4.03. The summed E-state index contributed by atoms with van der Waals surface area (Å²) in [7, 11) is 0. The van der Waals surface area contributed by atoms with Crippen LogP contribution in [0.4, 0.5) is 5.82 Å². The highest BCUT2D eigenvalue weighted by molar-refractivity contribution is 5.99. The number of benzene rings is 1. The highest BCUT2D eigenvalue weighted by Gasteiger charge is 2.16. The van der Waals surface area contributed by atoms with Gasteiger partial charge in [0.1, 0.15) is 5.82 Å². The van der Waals surface area contributed by atoms with Crippen LogP contribution in [0.3, 0.4) is 0 Å². The van der Waals surface area contributed by atoms with E-state index in [0.717, 1.165) is 24.5 Å². The molecule has 3 N–H and O–H groups in total. The molecule has 25 heavy (non-hydrogen) atoms. The summed E-state index contributed by atoms with van der Waals surface area (Å²) in [6.45, 7) is 3.24.